The van der Waals surface area contributed by atoms with Crippen molar-refractivity contribution < 1.29 is 14.6 Å². The molecule has 1 aromatic rings. The molecule has 19 heavy (non-hydrogen) atoms. The SMILES string of the molecule is COc1ccc(C(C)C)cc1CNCC(N)C(=O)O. The summed E-state index contributed by atoms with van der Waals surface area (Å²) in [5, 5.41) is 11.7. The van der Waals surface area contributed by atoms with Crippen molar-refractivity contribution in [2.75, 3.05) is 13.7 Å². The highest BCUT2D eigenvalue weighted by atomic mass is 16.5. The Bertz CT molecular complexity index is 433. The third-order valence-electron chi connectivity index (χ3n) is 2.97. The van der Waals surface area contributed by atoms with Crippen molar-refractivity contribution in [2.45, 2.75) is 32.4 Å². The number of carboxylic acid groups (broad SMARTS) is 1. The molecule has 1 unspecified atom stereocenters. The van der Waals surface area contributed by atoms with Gasteiger partial charge >= 0.3 is 5.97 Å². The highest BCUT2D eigenvalue weighted by Crippen LogP contribution is 2.23. The normalized spacial score (nSPS) is 12.5. The van der Waals surface area contributed by atoms with Crippen molar-refractivity contribution in [3.8, 4) is 5.75 Å². The zero-order chi connectivity index (χ0) is 14.4. The Labute approximate surface area is 113 Å². The van der Waals surface area contributed by atoms with Crippen LogP contribution in [0, 0.1) is 0 Å². The van der Waals surface area contributed by atoms with Crippen molar-refractivity contribution in [3.63, 3.8) is 0 Å². The van der Waals surface area contributed by atoms with Crippen LogP contribution in [0.1, 0.15) is 30.9 Å². The summed E-state index contributed by atoms with van der Waals surface area (Å²) in [6, 6.07) is 5.15. The minimum absolute atomic E-state index is 0.227. The van der Waals surface area contributed by atoms with E-state index in [1.165, 1.54) is 5.56 Å². The van der Waals surface area contributed by atoms with Gasteiger partial charge in [0.2, 0.25) is 0 Å². The molecular weight excluding hydrogens is 244 g/mol. The van der Waals surface area contributed by atoms with Gasteiger partial charge < -0.3 is 20.9 Å². The number of rotatable bonds is 7. The van der Waals surface area contributed by atoms with Gasteiger partial charge in [-0.3, -0.25) is 4.79 Å². The average molecular weight is 266 g/mol. The third-order valence-corrected chi connectivity index (χ3v) is 2.97. The zero-order valence-corrected chi connectivity index (χ0v) is 11.6. The number of methoxy groups -OCH3 is 1. The summed E-state index contributed by atoms with van der Waals surface area (Å²) in [6.07, 6.45) is 0. The molecule has 0 saturated carbocycles. The quantitative estimate of drug-likeness (QED) is 0.693. The number of ether oxygens (including phenoxy) is 1. The van der Waals surface area contributed by atoms with Gasteiger partial charge in [-0.15, -0.1) is 0 Å². The Morgan fingerprint density at radius 3 is 2.68 bits per heavy atom. The molecule has 1 atom stereocenters. The summed E-state index contributed by atoms with van der Waals surface area (Å²) in [5.74, 6) is 0.224. The number of aliphatic carboxylic acids is 1. The van der Waals surface area contributed by atoms with E-state index in [4.69, 9.17) is 15.6 Å². The highest BCUT2D eigenvalue weighted by molar-refractivity contribution is 5.73. The van der Waals surface area contributed by atoms with Crippen LogP contribution in [0.15, 0.2) is 18.2 Å². The minimum Gasteiger partial charge on any atom is -0.496 e. The van der Waals surface area contributed by atoms with Crippen molar-refractivity contribution in [2.24, 2.45) is 5.73 Å². The predicted molar refractivity (Wildman–Crippen MR) is 74.4 cm³/mol. The molecule has 0 fully saturated rings. The van der Waals surface area contributed by atoms with Crippen LogP contribution in [-0.4, -0.2) is 30.8 Å². The van der Waals surface area contributed by atoms with E-state index in [2.05, 4.69) is 25.2 Å². The first-order valence-corrected chi connectivity index (χ1v) is 6.31. The molecule has 0 aliphatic rings. The molecule has 0 bridgehead atoms. The lowest BCUT2D eigenvalue weighted by Gasteiger charge is -2.14. The van der Waals surface area contributed by atoms with Gasteiger partial charge in [0.15, 0.2) is 0 Å². The molecule has 0 aliphatic heterocycles. The molecule has 4 N–H and O–H groups in total. The Morgan fingerprint density at radius 1 is 1.47 bits per heavy atom. The van der Waals surface area contributed by atoms with Crippen LogP contribution in [0.4, 0.5) is 0 Å². The lowest BCUT2D eigenvalue weighted by Crippen LogP contribution is -2.40. The molecule has 0 amide bonds. The van der Waals surface area contributed by atoms with Gasteiger partial charge in [-0.1, -0.05) is 26.0 Å². The third kappa shape index (κ3) is 4.54. The van der Waals surface area contributed by atoms with Gasteiger partial charge in [-0.25, -0.2) is 0 Å². The van der Waals surface area contributed by atoms with Crippen molar-refractivity contribution in [1.29, 1.82) is 0 Å². The molecule has 0 aliphatic carbocycles. The van der Waals surface area contributed by atoms with Crippen molar-refractivity contribution in [3.05, 3.63) is 29.3 Å². The van der Waals surface area contributed by atoms with Crippen LogP contribution >= 0.6 is 0 Å². The van der Waals surface area contributed by atoms with E-state index in [0.717, 1.165) is 11.3 Å². The van der Waals surface area contributed by atoms with E-state index < -0.39 is 12.0 Å². The Morgan fingerprint density at radius 2 is 2.16 bits per heavy atom. The summed E-state index contributed by atoms with van der Waals surface area (Å²) in [7, 11) is 1.62. The number of nitrogens with one attached hydrogen (secondary N) is 1. The first-order chi connectivity index (χ1) is 8.95. The first kappa shape index (κ1) is 15.5. The molecule has 5 heteroatoms. The molecule has 0 radical (unpaired) electrons. The Kier molecular flexibility index (Phi) is 5.79. The molecule has 1 rings (SSSR count). The average Bonchev–Trinajstić information content (AvgIpc) is 2.38. The fourth-order valence-corrected chi connectivity index (χ4v) is 1.75. The van der Waals surface area contributed by atoms with E-state index in [0.29, 0.717) is 12.5 Å². The number of benzene rings is 1. The minimum atomic E-state index is -1.00. The maximum absolute atomic E-state index is 10.6. The van der Waals surface area contributed by atoms with Gasteiger partial charge in [-0.05, 0) is 17.5 Å². The molecule has 1 aromatic carbocycles. The molecule has 0 heterocycles. The standard InChI is InChI=1S/C14H22N2O3/c1-9(2)10-4-5-13(19-3)11(6-10)7-16-8-12(15)14(17)18/h4-6,9,12,16H,7-8,15H2,1-3H3,(H,17,18). The lowest BCUT2D eigenvalue weighted by atomic mass is 10.00. The lowest BCUT2D eigenvalue weighted by molar-refractivity contribution is -0.138. The van der Waals surface area contributed by atoms with Gasteiger partial charge in [-0.2, -0.15) is 0 Å². The summed E-state index contributed by atoms with van der Waals surface area (Å²) >= 11 is 0. The number of nitrogens with two attached hydrogens (primary N) is 1. The van der Waals surface area contributed by atoms with Crippen LogP contribution in [0.5, 0.6) is 5.75 Å². The monoisotopic (exact) mass is 266 g/mol. The van der Waals surface area contributed by atoms with Gasteiger partial charge in [0.05, 0.1) is 7.11 Å². The van der Waals surface area contributed by atoms with E-state index in [9.17, 15) is 4.79 Å². The largest absolute Gasteiger partial charge is 0.496 e. The van der Waals surface area contributed by atoms with Crippen LogP contribution in [0.3, 0.4) is 0 Å². The number of hydrogen-bond acceptors (Lipinski definition) is 4. The van der Waals surface area contributed by atoms with E-state index in [1.54, 1.807) is 7.11 Å². The van der Waals surface area contributed by atoms with Crippen LogP contribution in [-0.2, 0) is 11.3 Å². The first-order valence-electron chi connectivity index (χ1n) is 6.31. The Balaban J connectivity index is 2.70. The highest BCUT2D eigenvalue weighted by Gasteiger charge is 2.11. The Hall–Kier alpha value is -1.59. The fourth-order valence-electron chi connectivity index (χ4n) is 1.75. The number of hydrogen-bond donors (Lipinski definition) is 3. The smallest absolute Gasteiger partial charge is 0.321 e. The predicted octanol–water partition coefficient (Wildman–Crippen LogP) is 1.32. The van der Waals surface area contributed by atoms with Crippen molar-refractivity contribution in [1.82, 2.24) is 5.32 Å². The van der Waals surface area contributed by atoms with E-state index in [-0.39, 0.29) is 6.54 Å². The number of carboxylic acids is 1. The molecular formula is C14H22N2O3. The summed E-state index contributed by atoms with van der Waals surface area (Å²) in [5.41, 5.74) is 7.66. The zero-order valence-electron chi connectivity index (χ0n) is 11.6. The van der Waals surface area contributed by atoms with Crippen molar-refractivity contribution >= 4 is 5.97 Å². The fraction of sp³-hybridized carbons (Fsp3) is 0.500. The topological polar surface area (TPSA) is 84.6 Å². The maximum Gasteiger partial charge on any atom is 0.321 e. The van der Waals surface area contributed by atoms with Crippen LogP contribution in [0.25, 0.3) is 0 Å². The molecule has 0 aromatic heterocycles. The van der Waals surface area contributed by atoms with E-state index in [1.807, 2.05) is 12.1 Å². The summed E-state index contributed by atoms with van der Waals surface area (Å²) < 4.78 is 5.30. The summed E-state index contributed by atoms with van der Waals surface area (Å²) in [4.78, 5) is 10.6. The molecule has 106 valence electrons. The summed E-state index contributed by atoms with van der Waals surface area (Å²) in [6.45, 7) is 5.01. The van der Waals surface area contributed by atoms with Gasteiger partial charge in [0.25, 0.3) is 0 Å². The van der Waals surface area contributed by atoms with Gasteiger partial charge in [0.1, 0.15) is 11.8 Å². The second kappa shape index (κ2) is 7.11. The second-order valence-corrected chi connectivity index (χ2v) is 4.80. The van der Waals surface area contributed by atoms with Crippen LogP contribution < -0.4 is 15.8 Å². The van der Waals surface area contributed by atoms with Gasteiger partial charge in [0, 0.05) is 18.7 Å². The molecule has 0 spiro atoms. The molecule has 0 saturated heterocycles. The maximum atomic E-state index is 10.6. The number of carbonyl (C=O) groups is 1. The second-order valence-electron chi connectivity index (χ2n) is 4.80. The molecule has 5 nitrogen and oxygen atoms in total. The van der Waals surface area contributed by atoms with E-state index >= 15 is 0 Å². The van der Waals surface area contributed by atoms with Crippen LogP contribution in [0.2, 0.25) is 0 Å².